The van der Waals surface area contributed by atoms with E-state index >= 15 is 0 Å². The fourth-order valence-electron chi connectivity index (χ4n) is 0. The molecule has 0 aliphatic heterocycles. The summed E-state index contributed by atoms with van der Waals surface area (Å²) >= 11 is 1.72. The second-order valence-corrected chi connectivity index (χ2v) is 0. The second-order valence-electron chi connectivity index (χ2n) is 0. The Kier molecular flexibility index (Phi) is 1860. The van der Waals surface area contributed by atoms with Crippen molar-refractivity contribution in [3.63, 3.8) is 0 Å². The van der Waals surface area contributed by atoms with Crippen molar-refractivity contribution in [1.82, 2.24) is 0 Å². The van der Waals surface area contributed by atoms with Crippen LogP contribution in [0.15, 0.2) is 0 Å². The Bertz CT molecular complexity index is 6.85. The molecule has 0 heterocycles. The van der Waals surface area contributed by atoms with E-state index in [-0.39, 0.29) is 16.4 Å². The normalized spacial score (nSPS) is 1.40. The van der Waals surface area contributed by atoms with E-state index in [0.29, 0.717) is 0 Å². The first-order valence-electron chi connectivity index (χ1n) is 0.378. The van der Waals surface area contributed by atoms with Crippen LogP contribution >= 0.6 is 0 Å². The van der Waals surface area contributed by atoms with Crippen LogP contribution in [0.4, 0.5) is 0 Å². The van der Waals surface area contributed by atoms with Crippen LogP contribution in [-0.2, 0) is 35.6 Å². The second kappa shape index (κ2) is 194. The molecule has 0 N–H and O–H groups in total. The minimum Gasteiger partial charge on any atom is -2.00 e. The first-order valence-corrected chi connectivity index (χ1v) is 3.09. The topological polar surface area (TPSA) is 85.5 Å². The van der Waals surface area contributed by atoms with Gasteiger partial charge in [-0.15, -0.1) is 0 Å². The maximum atomic E-state index is 2.06. The predicted octanol–water partition coefficient (Wildman–Crippen LogP) is 0.225. The maximum Gasteiger partial charge on any atom is -2.00 e. The van der Waals surface area contributed by atoms with Crippen LogP contribution in [0.5, 0.6) is 0 Å². The molecule has 32 valence electrons. The Morgan fingerprint density at radius 3 is 0.800 bits per heavy atom. The number of hydrogen-bond donors (Lipinski definition) is 0. The van der Waals surface area contributed by atoms with Crippen molar-refractivity contribution in [2.75, 3.05) is 0 Å². The van der Waals surface area contributed by atoms with Crippen LogP contribution in [0.2, 0.25) is 5.40 Å². The summed E-state index contributed by atoms with van der Waals surface area (Å²) in [4.78, 5) is 0. The van der Waals surface area contributed by atoms with E-state index in [2.05, 4.69) is 5.40 Å². The Balaban J connectivity index is -0.00000000167. The van der Waals surface area contributed by atoms with E-state index in [1.165, 1.54) is 0 Å². The molecule has 0 saturated heterocycles. The fraction of sp³-hybridized carbons (Fsp3) is 1.00. The van der Waals surface area contributed by atoms with Crippen molar-refractivity contribution >= 4 is 0 Å². The van der Waals surface area contributed by atoms with Crippen molar-refractivity contribution < 1.29 is 35.6 Å². The number of hydrogen-bond acceptors (Lipinski definition) is 0. The van der Waals surface area contributed by atoms with Crippen molar-refractivity contribution in [3.05, 3.63) is 0 Å². The van der Waals surface area contributed by atoms with E-state index in [4.69, 9.17) is 0 Å². The summed E-state index contributed by atoms with van der Waals surface area (Å²) in [5.41, 5.74) is 0. The van der Waals surface area contributed by atoms with Gasteiger partial charge in [-0.1, -0.05) is 0 Å². The van der Waals surface area contributed by atoms with Gasteiger partial charge >= 0.3 is 24.6 Å². The van der Waals surface area contributed by atoms with Gasteiger partial charge in [0.2, 0.25) is 0 Å². The Hall–Kier alpha value is 0.542. The molecule has 0 spiro atoms. The Labute approximate surface area is 41.7 Å². The van der Waals surface area contributed by atoms with Crippen molar-refractivity contribution in [3.8, 4) is 0 Å². The average Bonchev–Trinajstić information content (AvgIpc) is 1.00. The largest absolute Gasteiger partial charge is 2.00 e. The zero-order valence-corrected chi connectivity index (χ0v) is 5.32. The van der Waals surface area contributed by atoms with Gasteiger partial charge in [0.1, 0.15) is 0 Å². The third-order valence-electron chi connectivity index (χ3n) is 0. The summed E-state index contributed by atoms with van der Waals surface area (Å²) in [6.45, 7) is 0. The molecular formula is CH3O3Re. The molecule has 4 heteroatoms. The molecule has 0 aromatic carbocycles. The van der Waals surface area contributed by atoms with Crippen molar-refractivity contribution in [2.45, 2.75) is 5.40 Å². The van der Waals surface area contributed by atoms with Crippen LogP contribution < -0.4 is 0 Å². The molecule has 0 atom stereocenters. The van der Waals surface area contributed by atoms with E-state index < -0.39 is 0 Å². The van der Waals surface area contributed by atoms with E-state index in [0.717, 1.165) is 0 Å². The van der Waals surface area contributed by atoms with E-state index in [9.17, 15) is 0 Å². The molecular weight excluding hydrogens is 246 g/mol. The predicted molar refractivity (Wildman–Crippen MR) is 7.92 cm³/mol. The summed E-state index contributed by atoms with van der Waals surface area (Å²) in [7, 11) is 0. The van der Waals surface area contributed by atoms with Gasteiger partial charge in [0.15, 0.2) is 0 Å². The molecule has 0 bridgehead atoms. The van der Waals surface area contributed by atoms with Crippen LogP contribution in [0.3, 0.4) is 0 Å². The zero-order chi connectivity index (χ0) is 2.00. The van der Waals surface area contributed by atoms with Gasteiger partial charge in [-0.25, -0.2) is 0 Å². The molecule has 3 nitrogen and oxygen atoms in total. The molecule has 5 heavy (non-hydrogen) atoms. The van der Waals surface area contributed by atoms with Crippen molar-refractivity contribution in [1.29, 1.82) is 0 Å². The molecule has 0 rings (SSSR count). The first kappa shape index (κ1) is 48.1. The van der Waals surface area contributed by atoms with Crippen molar-refractivity contribution in [2.24, 2.45) is 0 Å². The van der Waals surface area contributed by atoms with Crippen LogP contribution in [-0.4, -0.2) is 0 Å². The smallest absolute Gasteiger partial charge is 2.00 e. The molecule has 0 aromatic rings. The van der Waals surface area contributed by atoms with Gasteiger partial charge in [-0.3, -0.25) is 0 Å². The standard InChI is InChI=1S/CH3.3O.Re/h1H3;;;;/q;3*-2;+6. The summed E-state index contributed by atoms with van der Waals surface area (Å²) < 4.78 is 0. The molecule has 0 unspecified atom stereocenters. The van der Waals surface area contributed by atoms with Gasteiger partial charge < -0.3 is 16.4 Å². The molecule has 0 amide bonds. The van der Waals surface area contributed by atoms with Crippen LogP contribution in [0.25, 0.3) is 0 Å². The molecule has 0 aliphatic rings. The molecule has 0 radical (unpaired) electrons. The number of rotatable bonds is 0. The molecule has 0 aromatic heterocycles. The van der Waals surface area contributed by atoms with E-state index in [1.807, 2.05) is 0 Å². The van der Waals surface area contributed by atoms with E-state index in [1.54, 1.807) is 19.2 Å². The Morgan fingerprint density at radius 1 is 0.800 bits per heavy atom. The van der Waals surface area contributed by atoms with Gasteiger partial charge in [-0.05, 0) is 0 Å². The molecule has 0 saturated carbocycles. The van der Waals surface area contributed by atoms with Gasteiger partial charge in [0, 0.05) is 0 Å². The molecule has 0 fully saturated rings. The summed E-state index contributed by atoms with van der Waals surface area (Å²) in [6, 6.07) is 0. The summed E-state index contributed by atoms with van der Waals surface area (Å²) in [5.74, 6) is 0. The average molecular weight is 249 g/mol. The summed E-state index contributed by atoms with van der Waals surface area (Å²) in [6.07, 6.45) is 0. The van der Waals surface area contributed by atoms with Crippen LogP contribution in [0.1, 0.15) is 0 Å². The minimum absolute atomic E-state index is 0. The zero-order valence-electron chi connectivity index (χ0n) is 2.60. The monoisotopic (exact) mass is 250 g/mol. The van der Waals surface area contributed by atoms with Crippen LogP contribution in [0, 0.1) is 0 Å². The first-order chi connectivity index (χ1) is 1.00. The van der Waals surface area contributed by atoms with Gasteiger partial charge in [0.25, 0.3) is 0 Å². The fourth-order valence-corrected chi connectivity index (χ4v) is 0. The molecule has 0 aliphatic carbocycles. The third-order valence-corrected chi connectivity index (χ3v) is 0. The Morgan fingerprint density at radius 2 is 0.800 bits per heavy atom. The summed E-state index contributed by atoms with van der Waals surface area (Å²) in [5, 5.41) is 2.06. The SMILES string of the molecule is [CH3][Re+6].[O-2].[O-2].[O-2]. The third kappa shape index (κ3) is 99.8. The van der Waals surface area contributed by atoms with Gasteiger partial charge in [0.05, 0.1) is 0 Å². The quantitative estimate of drug-likeness (QED) is 0.588. The maximum absolute atomic E-state index is 2.06. The minimum atomic E-state index is 0. The van der Waals surface area contributed by atoms with Gasteiger partial charge in [-0.2, -0.15) is 0 Å².